The van der Waals surface area contributed by atoms with Crippen LogP contribution in [0.1, 0.15) is 48.7 Å². The number of aromatic nitrogens is 1. The third kappa shape index (κ3) is 2.93. The van der Waals surface area contributed by atoms with Gasteiger partial charge in [0, 0.05) is 17.8 Å². The van der Waals surface area contributed by atoms with Crippen molar-refractivity contribution < 1.29 is 14.7 Å². The number of carbonyl (C=O) groups excluding carboxylic acids is 1. The van der Waals surface area contributed by atoms with Crippen LogP contribution in [0.3, 0.4) is 0 Å². The summed E-state index contributed by atoms with van der Waals surface area (Å²) in [7, 11) is 0. The van der Waals surface area contributed by atoms with Crippen LogP contribution in [0.5, 0.6) is 0 Å². The summed E-state index contributed by atoms with van der Waals surface area (Å²) in [6, 6.07) is 2.44. The Morgan fingerprint density at radius 3 is 2.75 bits per heavy atom. The first kappa shape index (κ1) is 14.8. The van der Waals surface area contributed by atoms with Gasteiger partial charge in [0.05, 0.1) is 0 Å². The summed E-state index contributed by atoms with van der Waals surface area (Å²) in [5.74, 6) is -1.10. The average Bonchev–Trinajstić information content (AvgIpc) is 2.86. The maximum absolute atomic E-state index is 12.5. The van der Waals surface area contributed by atoms with Crippen molar-refractivity contribution in [3.05, 3.63) is 28.5 Å². The molecule has 0 spiro atoms. The molecule has 108 valence electrons. The summed E-state index contributed by atoms with van der Waals surface area (Å²) in [6.07, 6.45) is 1.20. The summed E-state index contributed by atoms with van der Waals surface area (Å²) < 4.78 is 0. The molecule has 1 aliphatic heterocycles. The number of pyridine rings is 1. The lowest BCUT2D eigenvalue weighted by Gasteiger charge is -2.22. The van der Waals surface area contributed by atoms with Gasteiger partial charge in [0.25, 0.3) is 5.91 Å². The number of halogens is 1. The number of hydrogen-bond acceptors (Lipinski definition) is 3. The molecular formula is C14H17ClN2O3. The van der Waals surface area contributed by atoms with E-state index in [1.807, 2.05) is 13.8 Å². The molecule has 0 aromatic carbocycles. The normalized spacial score (nSPS) is 18.6. The van der Waals surface area contributed by atoms with E-state index in [0.717, 1.165) is 5.69 Å². The zero-order valence-corrected chi connectivity index (χ0v) is 12.2. The highest BCUT2D eigenvalue weighted by molar-refractivity contribution is 6.29. The molecule has 0 unspecified atom stereocenters. The Morgan fingerprint density at radius 1 is 1.45 bits per heavy atom. The van der Waals surface area contributed by atoms with Crippen LogP contribution in [-0.4, -0.2) is 39.5 Å². The Morgan fingerprint density at radius 2 is 2.15 bits per heavy atom. The van der Waals surface area contributed by atoms with Crippen molar-refractivity contribution in [3.8, 4) is 0 Å². The highest BCUT2D eigenvalue weighted by atomic mass is 35.5. The molecule has 1 fully saturated rings. The van der Waals surface area contributed by atoms with Crippen molar-refractivity contribution in [2.45, 2.75) is 38.6 Å². The molecule has 1 atom stereocenters. The van der Waals surface area contributed by atoms with Crippen LogP contribution >= 0.6 is 11.6 Å². The van der Waals surface area contributed by atoms with E-state index in [9.17, 15) is 9.59 Å². The Hall–Kier alpha value is -1.62. The number of likely N-dealkylation sites (tertiary alicyclic amines) is 1. The predicted molar refractivity (Wildman–Crippen MR) is 75.0 cm³/mol. The maximum atomic E-state index is 12.5. The molecule has 0 bridgehead atoms. The number of rotatable bonds is 3. The minimum absolute atomic E-state index is 0.147. The zero-order chi connectivity index (χ0) is 14.9. The molecule has 6 heteroatoms. The largest absolute Gasteiger partial charge is 0.480 e. The second-order valence-electron chi connectivity index (χ2n) is 5.25. The van der Waals surface area contributed by atoms with E-state index in [0.29, 0.717) is 24.9 Å². The number of hydrogen-bond donors (Lipinski definition) is 1. The molecule has 2 rings (SSSR count). The lowest BCUT2D eigenvalue weighted by atomic mass is 10.1. The standard InChI is InChI=1S/C14H17ClN2O3/c1-8(2)10-6-9(7-12(15)16-10)13(18)17-5-3-4-11(17)14(19)20/h6-8,11H,3-5H2,1-2H3,(H,19,20)/t11-/m0/s1. The van der Waals surface area contributed by atoms with Gasteiger partial charge in [-0.2, -0.15) is 0 Å². The molecular weight excluding hydrogens is 280 g/mol. The topological polar surface area (TPSA) is 70.5 Å². The van der Waals surface area contributed by atoms with Gasteiger partial charge in [0.15, 0.2) is 0 Å². The molecule has 0 saturated carbocycles. The summed E-state index contributed by atoms with van der Waals surface area (Å²) in [5.41, 5.74) is 1.13. The van der Waals surface area contributed by atoms with Crippen LogP contribution in [0.15, 0.2) is 12.1 Å². The Bertz CT molecular complexity index is 545. The van der Waals surface area contributed by atoms with E-state index < -0.39 is 12.0 Å². The van der Waals surface area contributed by atoms with Gasteiger partial charge in [-0.3, -0.25) is 4.79 Å². The Kier molecular flexibility index (Phi) is 4.28. The molecule has 2 heterocycles. The molecule has 1 amide bonds. The number of carboxylic acid groups (broad SMARTS) is 1. The fraction of sp³-hybridized carbons (Fsp3) is 0.500. The molecule has 1 aromatic heterocycles. The van der Waals surface area contributed by atoms with Crippen molar-refractivity contribution in [2.24, 2.45) is 0 Å². The van der Waals surface area contributed by atoms with E-state index in [1.54, 1.807) is 6.07 Å². The molecule has 20 heavy (non-hydrogen) atoms. The maximum Gasteiger partial charge on any atom is 0.326 e. The third-order valence-electron chi connectivity index (χ3n) is 3.45. The van der Waals surface area contributed by atoms with Gasteiger partial charge in [-0.1, -0.05) is 25.4 Å². The van der Waals surface area contributed by atoms with Crippen LogP contribution in [0.4, 0.5) is 0 Å². The molecule has 0 radical (unpaired) electrons. The highest BCUT2D eigenvalue weighted by Gasteiger charge is 2.34. The van der Waals surface area contributed by atoms with Gasteiger partial charge >= 0.3 is 5.97 Å². The smallest absolute Gasteiger partial charge is 0.326 e. The number of aliphatic carboxylic acids is 1. The number of carbonyl (C=O) groups is 2. The van der Waals surface area contributed by atoms with Crippen LogP contribution < -0.4 is 0 Å². The van der Waals surface area contributed by atoms with Crippen LogP contribution in [0, 0.1) is 0 Å². The van der Waals surface area contributed by atoms with Crippen molar-refractivity contribution in [1.82, 2.24) is 9.88 Å². The molecule has 1 aromatic rings. The molecule has 1 aliphatic rings. The van der Waals surface area contributed by atoms with Gasteiger partial charge in [-0.05, 0) is 30.9 Å². The van der Waals surface area contributed by atoms with Gasteiger partial charge in [-0.25, -0.2) is 9.78 Å². The molecule has 1 saturated heterocycles. The van der Waals surface area contributed by atoms with Crippen LogP contribution in [-0.2, 0) is 4.79 Å². The first-order chi connectivity index (χ1) is 9.40. The van der Waals surface area contributed by atoms with Gasteiger partial charge in [0.1, 0.15) is 11.2 Å². The van der Waals surface area contributed by atoms with E-state index in [4.69, 9.17) is 16.7 Å². The predicted octanol–water partition coefficient (Wildman–Crippen LogP) is 2.55. The number of carboxylic acids is 1. The lowest BCUT2D eigenvalue weighted by Crippen LogP contribution is -2.40. The van der Waals surface area contributed by atoms with Crippen molar-refractivity contribution in [3.63, 3.8) is 0 Å². The monoisotopic (exact) mass is 296 g/mol. The second-order valence-corrected chi connectivity index (χ2v) is 5.64. The second kappa shape index (κ2) is 5.79. The van der Waals surface area contributed by atoms with E-state index in [-0.39, 0.29) is 17.0 Å². The highest BCUT2D eigenvalue weighted by Crippen LogP contribution is 2.23. The number of amides is 1. The van der Waals surface area contributed by atoms with Crippen LogP contribution in [0.25, 0.3) is 0 Å². The first-order valence-electron chi connectivity index (χ1n) is 6.61. The third-order valence-corrected chi connectivity index (χ3v) is 3.64. The molecule has 0 aliphatic carbocycles. The van der Waals surface area contributed by atoms with E-state index in [1.165, 1.54) is 11.0 Å². The molecule has 1 N–H and O–H groups in total. The summed E-state index contributed by atoms with van der Waals surface area (Å²) in [6.45, 7) is 4.39. The summed E-state index contributed by atoms with van der Waals surface area (Å²) >= 11 is 5.95. The van der Waals surface area contributed by atoms with Gasteiger partial charge in [0.2, 0.25) is 0 Å². The van der Waals surface area contributed by atoms with Crippen molar-refractivity contribution >= 4 is 23.5 Å². The average molecular weight is 297 g/mol. The first-order valence-corrected chi connectivity index (χ1v) is 6.99. The molecule has 5 nitrogen and oxygen atoms in total. The fourth-order valence-electron chi connectivity index (χ4n) is 2.37. The van der Waals surface area contributed by atoms with E-state index in [2.05, 4.69) is 4.98 Å². The van der Waals surface area contributed by atoms with Gasteiger partial charge in [-0.15, -0.1) is 0 Å². The number of nitrogens with zero attached hydrogens (tertiary/aromatic N) is 2. The van der Waals surface area contributed by atoms with Crippen molar-refractivity contribution in [2.75, 3.05) is 6.54 Å². The lowest BCUT2D eigenvalue weighted by molar-refractivity contribution is -0.141. The fourth-order valence-corrected chi connectivity index (χ4v) is 2.58. The Labute approximate surface area is 122 Å². The van der Waals surface area contributed by atoms with Gasteiger partial charge < -0.3 is 10.0 Å². The summed E-state index contributed by atoms with van der Waals surface area (Å²) in [5, 5.41) is 9.40. The van der Waals surface area contributed by atoms with Crippen LogP contribution in [0.2, 0.25) is 5.15 Å². The Balaban J connectivity index is 2.31. The van der Waals surface area contributed by atoms with Crippen molar-refractivity contribution in [1.29, 1.82) is 0 Å². The van der Waals surface area contributed by atoms with E-state index >= 15 is 0 Å². The SMILES string of the molecule is CC(C)c1cc(C(=O)N2CCC[C@H]2C(=O)O)cc(Cl)n1. The minimum Gasteiger partial charge on any atom is -0.480 e. The summed E-state index contributed by atoms with van der Waals surface area (Å²) in [4.78, 5) is 29.2. The quantitative estimate of drug-likeness (QED) is 0.870. The minimum atomic E-state index is -0.958. The zero-order valence-electron chi connectivity index (χ0n) is 11.5.